The van der Waals surface area contributed by atoms with Gasteiger partial charge in [0.2, 0.25) is 0 Å². The molecule has 1 saturated heterocycles. The number of benzene rings is 1. The Bertz CT molecular complexity index is 693. The Labute approximate surface area is 126 Å². The minimum absolute atomic E-state index is 0.0167. The molecule has 0 aliphatic carbocycles. The van der Waals surface area contributed by atoms with Crippen molar-refractivity contribution in [3.8, 4) is 0 Å². The molecule has 0 radical (unpaired) electrons. The normalized spacial score (nSPS) is 23.6. The first-order valence-electron chi connectivity index (χ1n) is 6.94. The molecule has 0 bridgehead atoms. The maximum Gasteiger partial charge on any atom is 0.175 e. The number of nitrogens with one attached hydrogen (secondary N) is 1. The molecule has 2 unspecified atom stereocenters. The van der Waals surface area contributed by atoms with Gasteiger partial charge in [-0.15, -0.1) is 0 Å². The summed E-state index contributed by atoms with van der Waals surface area (Å²) in [6.07, 6.45) is 2.72. The zero-order valence-corrected chi connectivity index (χ0v) is 13.9. The van der Waals surface area contributed by atoms with Gasteiger partial charge in [0.1, 0.15) is 0 Å². The van der Waals surface area contributed by atoms with Crippen LogP contribution in [-0.2, 0) is 19.7 Å². The van der Waals surface area contributed by atoms with Crippen LogP contribution in [0.3, 0.4) is 0 Å². The molecule has 2 atom stereocenters. The van der Waals surface area contributed by atoms with E-state index >= 15 is 0 Å². The summed E-state index contributed by atoms with van der Waals surface area (Å²) >= 11 is 0. The average molecular weight is 331 g/mol. The molecule has 0 aromatic heterocycles. The van der Waals surface area contributed by atoms with Crippen LogP contribution in [0.1, 0.15) is 31.4 Å². The van der Waals surface area contributed by atoms with Crippen LogP contribution in [0.25, 0.3) is 0 Å². The maximum absolute atomic E-state index is 11.6. The lowest BCUT2D eigenvalue weighted by atomic mass is 10.1. The monoisotopic (exact) mass is 331 g/mol. The van der Waals surface area contributed by atoms with E-state index in [0.717, 1.165) is 12.0 Å². The highest BCUT2D eigenvalue weighted by molar-refractivity contribution is 7.91. The van der Waals surface area contributed by atoms with Crippen molar-refractivity contribution < 1.29 is 16.8 Å². The molecule has 1 N–H and O–H groups in total. The van der Waals surface area contributed by atoms with Gasteiger partial charge in [-0.3, -0.25) is 0 Å². The maximum atomic E-state index is 11.6. The molecule has 2 rings (SSSR count). The molecule has 1 fully saturated rings. The van der Waals surface area contributed by atoms with Crippen molar-refractivity contribution in [2.24, 2.45) is 0 Å². The molecule has 1 heterocycles. The highest BCUT2D eigenvalue weighted by Gasteiger charge is 2.25. The second-order valence-electron chi connectivity index (χ2n) is 5.68. The molecular weight excluding hydrogens is 310 g/mol. The minimum Gasteiger partial charge on any atom is -0.306 e. The van der Waals surface area contributed by atoms with Gasteiger partial charge in [-0.25, -0.2) is 16.8 Å². The molecule has 1 aromatic rings. The molecule has 5 nitrogen and oxygen atoms in total. The first kappa shape index (κ1) is 16.5. The predicted molar refractivity (Wildman–Crippen MR) is 82.8 cm³/mol. The number of sulfone groups is 2. The van der Waals surface area contributed by atoms with Crippen molar-refractivity contribution in [2.75, 3.05) is 17.8 Å². The summed E-state index contributed by atoms with van der Waals surface area (Å²) in [4.78, 5) is 0.290. The zero-order valence-electron chi connectivity index (χ0n) is 12.2. The fraction of sp³-hybridized carbons (Fsp3) is 0.571. The third-order valence-corrected chi connectivity index (χ3v) is 6.71. The number of hydrogen-bond acceptors (Lipinski definition) is 5. The Balaban J connectivity index is 2.05. The van der Waals surface area contributed by atoms with E-state index in [0.29, 0.717) is 11.3 Å². The molecule has 0 saturated carbocycles. The zero-order chi connectivity index (χ0) is 15.7. The van der Waals surface area contributed by atoms with E-state index in [9.17, 15) is 16.8 Å². The third kappa shape index (κ3) is 4.52. The van der Waals surface area contributed by atoms with Crippen LogP contribution in [0.5, 0.6) is 0 Å². The predicted octanol–water partition coefficient (Wildman–Crippen LogP) is 1.32. The molecule has 21 heavy (non-hydrogen) atoms. The van der Waals surface area contributed by atoms with E-state index in [4.69, 9.17) is 0 Å². The van der Waals surface area contributed by atoms with Crippen molar-refractivity contribution in [3.05, 3.63) is 29.8 Å². The van der Waals surface area contributed by atoms with E-state index in [1.54, 1.807) is 24.3 Å². The summed E-state index contributed by atoms with van der Waals surface area (Å²) in [5, 5.41) is 3.32. The lowest BCUT2D eigenvalue weighted by molar-refractivity contribution is 0.437. The van der Waals surface area contributed by atoms with Crippen molar-refractivity contribution in [1.82, 2.24) is 5.32 Å². The average Bonchev–Trinajstić information content (AvgIpc) is 2.36. The van der Waals surface area contributed by atoms with E-state index in [1.165, 1.54) is 6.26 Å². The minimum atomic E-state index is -3.19. The molecule has 0 amide bonds. The summed E-state index contributed by atoms with van der Waals surface area (Å²) in [5.74, 6) is 0.460. The van der Waals surface area contributed by atoms with Crippen LogP contribution < -0.4 is 5.32 Å². The molecule has 1 aliphatic heterocycles. The smallest absolute Gasteiger partial charge is 0.175 e. The second-order valence-corrected chi connectivity index (χ2v) is 9.93. The lowest BCUT2D eigenvalue weighted by Crippen LogP contribution is -2.41. The van der Waals surface area contributed by atoms with Gasteiger partial charge in [0, 0.05) is 18.3 Å². The summed E-state index contributed by atoms with van der Waals surface area (Å²) in [7, 11) is -6.12. The fourth-order valence-electron chi connectivity index (χ4n) is 2.61. The Morgan fingerprint density at radius 3 is 2.38 bits per heavy atom. The Hall–Kier alpha value is -0.920. The summed E-state index contributed by atoms with van der Waals surface area (Å²) < 4.78 is 46.1. The molecule has 1 aromatic carbocycles. The van der Waals surface area contributed by atoms with Crippen LogP contribution in [0, 0.1) is 0 Å². The van der Waals surface area contributed by atoms with Crippen LogP contribution >= 0.6 is 0 Å². The van der Waals surface area contributed by atoms with Crippen LogP contribution in [0.4, 0.5) is 0 Å². The van der Waals surface area contributed by atoms with Gasteiger partial charge in [-0.1, -0.05) is 12.1 Å². The van der Waals surface area contributed by atoms with Crippen LogP contribution in [0.15, 0.2) is 29.2 Å². The van der Waals surface area contributed by atoms with Gasteiger partial charge in [-0.2, -0.15) is 0 Å². The van der Waals surface area contributed by atoms with Crippen molar-refractivity contribution in [1.29, 1.82) is 0 Å². The van der Waals surface area contributed by atoms with E-state index in [1.807, 2.05) is 6.92 Å². The Morgan fingerprint density at radius 2 is 1.86 bits per heavy atom. The molecule has 0 spiro atoms. The van der Waals surface area contributed by atoms with E-state index < -0.39 is 19.7 Å². The van der Waals surface area contributed by atoms with Crippen molar-refractivity contribution >= 4 is 19.7 Å². The molecule has 118 valence electrons. The second kappa shape index (κ2) is 6.06. The summed E-state index contributed by atoms with van der Waals surface area (Å²) in [5.41, 5.74) is 0.949. The van der Waals surface area contributed by atoms with Gasteiger partial charge in [0.05, 0.1) is 16.4 Å². The number of hydrogen-bond donors (Lipinski definition) is 1. The molecular formula is C14H21NO4S2. The highest BCUT2D eigenvalue weighted by atomic mass is 32.2. The quantitative estimate of drug-likeness (QED) is 0.900. The molecule has 7 heteroatoms. The summed E-state index contributed by atoms with van der Waals surface area (Å²) in [6.45, 7) is 1.96. The van der Waals surface area contributed by atoms with Gasteiger partial charge in [0.15, 0.2) is 19.7 Å². The lowest BCUT2D eigenvalue weighted by Gasteiger charge is -2.26. The standard InChI is InChI=1S/C14H21NO4S2/c1-11(15-13-4-3-9-21(18,19)10-13)12-5-7-14(8-6-12)20(2,16)17/h5-8,11,13,15H,3-4,9-10H2,1-2H3. The third-order valence-electron chi connectivity index (χ3n) is 3.76. The highest BCUT2D eigenvalue weighted by Crippen LogP contribution is 2.19. The van der Waals surface area contributed by atoms with Crippen LogP contribution in [0.2, 0.25) is 0 Å². The summed E-state index contributed by atoms with van der Waals surface area (Å²) in [6, 6.07) is 6.66. The van der Waals surface area contributed by atoms with E-state index in [-0.39, 0.29) is 23.6 Å². The Kier molecular flexibility index (Phi) is 4.75. The number of rotatable bonds is 4. The van der Waals surface area contributed by atoms with Gasteiger partial charge >= 0.3 is 0 Å². The first-order chi connectivity index (χ1) is 9.67. The van der Waals surface area contributed by atoms with E-state index in [2.05, 4.69) is 5.32 Å². The van der Waals surface area contributed by atoms with Gasteiger partial charge < -0.3 is 5.32 Å². The van der Waals surface area contributed by atoms with Gasteiger partial charge in [-0.05, 0) is 37.5 Å². The molecule has 1 aliphatic rings. The largest absolute Gasteiger partial charge is 0.306 e. The van der Waals surface area contributed by atoms with Crippen molar-refractivity contribution in [3.63, 3.8) is 0 Å². The topological polar surface area (TPSA) is 80.3 Å². The fourth-order valence-corrected chi connectivity index (χ4v) is 4.89. The first-order valence-corrected chi connectivity index (χ1v) is 10.7. The van der Waals surface area contributed by atoms with Crippen molar-refractivity contribution in [2.45, 2.75) is 36.7 Å². The SMILES string of the molecule is CC(NC1CCCS(=O)(=O)C1)c1ccc(S(C)(=O)=O)cc1. The Morgan fingerprint density at radius 1 is 1.24 bits per heavy atom. The van der Waals surface area contributed by atoms with Crippen LogP contribution in [-0.4, -0.2) is 40.6 Å². The van der Waals surface area contributed by atoms with Gasteiger partial charge in [0.25, 0.3) is 0 Å².